The minimum Gasteiger partial charge on any atom is -0.466 e. The smallest absolute Gasteiger partial charge is 0.330 e. The molecule has 1 fully saturated rings. The molecule has 24 heavy (non-hydrogen) atoms. The number of methoxy groups -OCH3 is 1. The fourth-order valence-corrected chi connectivity index (χ4v) is 3.22. The highest BCUT2D eigenvalue weighted by Gasteiger charge is 2.25. The SMILES string of the molecule is COC(=O)/C=C/c1ccc([C@@H]2CCCN2CCc2cn[nH]c2)cc1. The Balaban J connectivity index is 1.62. The minimum atomic E-state index is -0.333. The number of hydrogen-bond acceptors (Lipinski definition) is 4. The Hall–Kier alpha value is -2.40. The Morgan fingerprint density at radius 3 is 2.96 bits per heavy atom. The van der Waals surface area contributed by atoms with Crippen LogP contribution >= 0.6 is 0 Å². The van der Waals surface area contributed by atoms with E-state index in [2.05, 4.69) is 44.1 Å². The van der Waals surface area contributed by atoms with Crippen LogP contribution in [-0.2, 0) is 16.0 Å². The average molecular weight is 325 g/mol. The van der Waals surface area contributed by atoms with Crippen LogP contribution in [0.3, 0.4) is 0 Å². The summed E-state index contributed by atoms with van der Waals surface area (Å²) in [5, 5.41) is 6.88. The number of H-pyrrole nitrogens is 1. The summed E-state index contributed by atoms with van der Waals surface area (Å²) in [6.07, 6.45) is 10.5. The van der Waals surface area contributed by atoms with Gasteiger partial charge in [0, 0.05) is 24.9 Å². The van der Waals surface area contributed by atoms with Crippen LogP contribution in [0.5, 0.6) is 0 Å². The van der Waals surface area contributed by atoms with Crippen molar-refractivity contribution < 1.29 is 9.53 Å². The summed E-state index contributed by atoms with van der Waals surface area (Å²) >= 11 is 0. The van der Waals surface area contributed by atoms with E-state index < -0.39 is 0 Å². The highest BCUT2D eigenvalue weighted by molar-refractivity contribution is 5.86. The van der Waals surface area contributed by atoms with Crippen LogP contribution in [0.15, 0.2) is 42.7 Å². The van der Waals surface area contributed by atoms with E-state index >= 15 is 0 Å². The van der Waals surface area contributed by atoms with Crippen LogP contribution in [0.25, 0.3) is 6.08 Å². The molecule has 1 aromatic heterocycles. The molecule has 1 saturated heterocycles. The highest BCUT2D eigenvalue weighted by Crippen LogP contribution is 2.32. The van der Waals surface area contributed by atoms with Crippen molar-refractivity contribution in [2.24, 2.45) is 0 Å². The molecule has 2 heterocycles. The van der Waals surface area contributed by atoms with Gasteiger partial charge >= 0.3 is 5.97 Å². The first-order valence-electron chi connectivity index (χ1n) is 8.34. The summed E-state index contributed by atoms with van der Waals surface area (Å²) in [4.78, 5) is 13.7. The van der Waals surface area contributed by atoms with Gasteiger partial charge in [0.15, 0.2) is 0 Å². The van der Waals surface area contributed by atoms with E-state index in [4.69, 9.17) is 0 Å². The number of esters is 1. The van der Waals surface area contributed by atoms with Gasteiger partial charge in [-0.3, -0.25) is 10.00 Å². The zero-order valence-corrected chi connectivity index (χ0v) is 13.9. The van der Waals surface area contributed by atoms with Gasteiger partial charge in [0.2, 0.25) is 0 Å². The quantitative estimate of drug-likeness (QED) is 0.655. The number of benzene rings is 1. The Morgan fingerprint density at radius 1 is 1.42 bits per heavy atom. The Bertz CT molecular complexity index is 677. The van der Waals surface area contributed by atoms with Crippen LogP contribution in [0.1, 0.15) is 35.6 Å². The third-order valence-electron chi connectivity index (χ3n) is 4.54. The minimum absolute atomic E-state index is 0.333. The predicted octanol–water partition coefficient (Wildman–Crippen LogP) is 2.98. The largest absolute Gasteiger partial charge is 0.466 e. The van der Waals surface area contributed by atoms with Crippen molar-refractivity contribution in [2.45, 2.75) is 25.3 Å². The molecule has 0 unspecified atom stereocenters. The Kier molecular flexibility index (Phi) is 5.43. The number of aromatic amines is 1. The van der Waals surface area contributed by atoms with Crippen LogP contribution < -0.4 is 0 Å². The molecule has 0 spiro atoms. The molecule has 1 atom stereocenters. The van der Waals surface area contributed by atoms with Crippen molar-refractivity contribution in [3.8, 4) is 0 Å². The molecule has 1 N–H and O–H groups in total. The second kappa shape index (κ2) is 7.93. The van der Waals surface area contributed by atoms with Gasteiger partial charge in [0.1, 0.15) is 0 Å². The zero-order valence-electron chi connectivity index (χ0n) is 13.9. The molecule has 0 aliphatic carbocycles. The van der Waals surface area contributed by atoms with E-state index in [1.165, 1.54) is 37.2 Å². The molecule has 0 amide bonds. The molecule has 1 aromatic carbocycles. The van der Waals surface area contributed by atoms with Crippen molar-refractivity contribution in [1.29, 1.82) is 0 Å². The standard InChI is InChI=1S/C19H23N3O2/c1-24-19(23)9-6-15-4-7-17(8-5-15)18-3-2-11-22(18)12-10-16-13-20-21-14-16/h4-9,13-14,18H,2-3,10-12H2,1H3,(H,20,21)/b9-6+/t18-/m0/s1. The van der Waals surface area contributed by atoms with Gasteiger partial charge in [-0.1, -0.05) is 24.3 Å². The first kappa shape index (κ1) is 16.5. The molecular weight excluding hydrogens is 302 g/mol. The summed E-state index contributed by atoms with van der Waals surface area (Å²) in [5.41, 5.74) is 3.60. The number of rotatable bonds is 6. The average Bonchev–Trinajstić information content (AvgIpc) is 3.29. The fraction of sp³-hybridized carbons (Fsp3) is 0.368. The number of aromatic nitrogens is 2. The zero-order chi connectivity index (χ0) is 16.8. The molecule has 0 bridgehead atoms. The van der Waals surface area contributed by atoms with Crippen LogP contribution in [-0.4, -0.2) is 41.3 Å². The third-order valence-corrected chi connectivity index (χ3v) is 4.54. The van der Waals surface area contributed by atoms with Crippen molar-refractivity contribution >= 4 is 12.0 Å². The normalized spacial score (nSPS) is 18.3. The molecule has 126 valence electrons. The topological polar surface area (TPSA) is 58.2 Å². The van der Waals surface area contributed by atoms with Gasteiger partial charge in [0.05, 0.1) is 13.3 Å². The first-order valence-corrected chi connectivity index (χ1v) is 8.34. The number of nitrogens with zero attached hydrogens (tertiary/aromatic N) is 2. The molecule has 0 radical (unpaired) electrons. The van der Waals surface area contributed by atoms with Crippen molar-refractivity contribution in [3.05, 3.63) is 59.4 Å². The van der Waals surface area contributed by atoms with E-state index in [0.717, 1.165) is 25.1 Å². The second-order valence-corrected chi connectivity index (χ2v) is 6.07. The van der Waals surface area contributed by atoms with Crippen molar-refractivity contribution in [2.75, 3.05) is 20.2 Å². The van der Waals surface area contributed by atoms with Gasteiger partial charge < -0.3 is 4.74 Å². The number of carbonyl (C=O) groups is 1. The number of carbonyl (C=O) groups excluding carboxylic acids is 1. The van der Waals surface area contributed by atoms with Crippen LogP contribution in [0.4, 0.5) is 0 Å². The number of hydrogen-bond donors (Lipinski definition) is 1. The molecule has 5 heteroatoms. The fourth-order valence-electron chi connectivity index (χ4n) is 3.22. The lowest BCUT2D eigenvalue weighted by atomic mass is 10.0. The van der Waals surface area contributed by atoms with Gasteiger partial charge in [-0.25, -0.2) is 4.79 Å². The summed E-state index contributed by atoms with van der Waals surface area (Å²) < 4.78 is 4.61. The number of likely N-dealkylation sites (tertiary alicyclic amines) is 1. The molecule has 2 aromatic rings. The summed E-state index contributed by atoms with van der Waals surface area (Å²) in [7, 11) is 1.38. The Labute approximate surface area is 142 Å². The van der Waals surface area contributed by atoms with E-state index in [1.807, 2.05) is 12.4 Å². The van der Waals surface area contributed by atoms with Gasteiger partial charge in [0.25, 0.3) is 0 Å². The van der Waals surface area contributed by atoms with E-state index in [0.29, 0.717) is 6.04 Å². The van der Waals surface area contributed by atoms with Gasteiger partial charge in [-0.15, -0.1) is 0 Å². The summed E-state index contributed by atoms with van der Waals surface area (Å²) in [6, 6.07) is 8.92. The van der Waals surface area contributed by atoms with Crippen LogP contribution in [0, 0.1) is 0 Å². The Morgan fingerprint density at radius 2 is 2.25 bits per heavy atom. The molecular formula is C19H23N3O2. The maximum Gasteiger partial charge on any atom is 0.330 e. The molecule has 5 nitrogen and oxygen atoms in total. The summed E-state index contributed by atoms with van der Waals surface area (Å²) in [5.74, 6) is -0.333. The van der Waals surface area contributed by atoms with Crippen molar-refractivity contribution in [3.63, 3.8) is 0 Å². The van der Waals surface area contributed by atoms with E-state index in [9.17, 15) is 4.79 Å². The molecule has 0 saturated carbocycles. The predicted molar refractivity (Wildman–Crippen MR) is 93.3 cm³/mol. The number of nitrogens with one attached hydrogen (secondary N) is 1. The van der Waals surface area contributed by atoms with Gasteiger partial charge in [-0.2, -0.15) is 5.10 Å². The summed E-state index contributed by atoms with van der Waals surface area (Å²) in [6.45, 7) is 2.20. The molecule has 1 aliphatic heterocycles. The maximum absolute atomic E-state index is 11.2. The van der Waals surface area contributed by atoms with Gasteiger partial charge in [-0.05, 0) is 48.6 Å². The van der Waals surface area contributed by atoms with Crippen LogP contribution in [0.2, 0.25) is 0 Å². The second-order valence-electron chi connectivity index (χ2n) is 6.07. The monoisotopic (exact) mass is 325 g/mol. The first-order chi connectivity index (χ1) is 11.8. The highest BCUT2D eigenvalue weighted by atomic mass is 16.5. The maximum atomic E-state index is 11.2. The van der Waals surface area contributed by atoms with E-state index in [-0.39, 0.29) is 5.97 Å². The number of ether oxygens (including phenoxy) is 1. The lowest BCUT2D eigenvalue weighted by Crippen LogP contribution is -2.25. The van der Waals surface area contributed by atoms with E-state index in [1.54, 1.807) is 6.08 Å². The lowest BCUT2D eigenvalue weighted by molar-refractivity contribution is -0.134. The van der Waals surface area contributed by atoms with Crippen molar-refractivity contribution in [1.82, 2.24) is 15.1 Å². The lowest BCUT2D eigenvalue weighted by Gasteiger charge is -2.24. The third kappa shape index (κ3) is 4.11. The molecule has 1 aliphatic rings. The molecule has 3 rings (SSSR count).